The molecule has 1 aromatic carbocycles. The van der Waals surface area contributed by atoms with Crippen LogP contribution in [0.4, 0.5) is 0 Å². The zero-order valence-corrected chi connectivity index (χ0v) is 10.9. The fraction of sp³-hybridized carbons (Fsp3) is 0.273. The molecule has 0 aliphatic rings. The number of carboxylic acids is 1. The van der Waals surface area contributed by atoms with E-state index in [-0.39, 0.29) is 12.2 Å². The summed E-state index contributed by atoms with van der Waals surface area (Å²) in [5.41, 5.74) is 0.435. The number of hydrogen-bond donors (Lipinski definition) is 1. The minimum atomic E-state index is -1.09. The van der Waals surface area contributed by atoms with Gasteiger partial charge in [0.05, 0.1) is 10.7 Å². The lowest BCUT2D eigenvalue weighted by molar-refractivity contribution is -0.137. The summed E-state index contributed by atoms with van der Waals surface area (Å²) in [6.45, 7) is 1.54. The molecule has 86 valence electrons. The summed E-state index contributed by atoms with van der Waals surface area (Å²) in [6.07, 6.45) is -0.269. The van der Waals surface area contributed by atoms with E-state index in [0.29, 0.717) is 10.6 Å². The molecular formula is C11H10BrClO3. The van der Waals surface area contributed by atoms with Crippen molar-refractivity contribution in [1.82, 2.24) is 0 Å². The minimum absolute atomic E-state index is 0.269. The third-order valence-electron chi connectivity index (χ3n) is 2.06. The smallest absolute Gasteiger partial charge is 0.305 e. The Morgan fingerprint density at radius 1 is 1.38 bits per heavy atom. The van der Waals surface area contributed by atoms with E-state index in [1.54, 1.807) is 24.3 Å². The standard InChI is InChI=1S/C11H10BrClO3/c1-11(12,6-9(14)15)10(16)7-2-4-8(13)5-3-7/h2-5H,6H2,1H3,(H,14,15). The second kappa shape index (κ2) is 4.97. The average molecular weight is 306 g/mol. The van der Waals surface area contributed by atoms with Gasteiger partial charge in [0.25, 0.3) is 0 Å². The van der Waals surface area contributed by atoms with E-state index in [1.807, 2.05) is 0 Å². The number of rotatable bonds is 4. The Kier molecular flexibility index (Phi) is 4.10. The summed E-state index contributed by atoms with van der Waals surface area (Å²) in [5.74, 6) is -1.30. The van der Waals surface area contributed by atoms with Crippen molar-refractivity contribution in [3.63, 3.8) is 0 Å². The van der Waals surface area contributed by atoms with Crippen molar-refractivity contribution in [2.45, 2.75) is 17.7 Å². The second-order valence-corrected chi connectivity index (χ2v) is 5.79. The molecule has 0 aliphatic carbocycles. The highest BCUT2D eigenvalue weighted by Crippen LogP contribution is 2.27. The molecule has 0 bridgehead atoms. The Hall–Kier alpha value is -0.870. The van der Waals surface area contributed by atoms with Gasteiger partial charge in [-0.2, -0.15) is 0 Å². The molecule has 1 rings (SSSR count). The van der Waals surface area contributed by atoms with Gasteiger partial charge in [0.2, 0.25) is 0 Å². The molecule has 16 heavy (non-hydrogen) atoms. The van der Waals surface area contributed by atoms with Gasteiger partial charge < -0.3 is 5.11 Å². The SMILES string of the molecule is CC(Br)(CC(=O)O)C(=O)c1ccc(Cl)cc1. The zero-order chi connectivity index (χ0) is 12.3. The van der Waals surface area contributed by atoms with Gasteiger partial charge in [0, 0.05) is 10.6 Å². The molecule has 1 aromatic rings. The third kappa shape index (κ3) is 3.32. The Labute approximate surface area is 107 Å². The number of carbonyl (C=O) groups excluding carboxylic acids is 1. The summed E-state index contributed by atoms with van der Waals surface area (Å²) in [5, 5.41) is 9.22. The molecule has 0 fully saturated rings. The lowest BCUT2D eigenvalue weighted by atomic mass is 9.96. The summed E-state index contributed by atoms with van der Waals surface area (Å²) in [7, 11) is 0. The normalized spacial score (nSPS) is 14.2. The average Bonchev–Trinajstić information content (AvgIpc) is 2.16. The van der Waals surface area contributed by atoms with E-state index in [4.69, 9.17) is 16.7 Å². The molecule has 0 aromatic heterocycles. The van der Waals surface area contributed by atoms with Crippen molar-refractivity contribution < 1.29 is 14.7 Å². The van der Waals surface area contributed by atoms with Crippen LogP contribution in [-0.2, 0) is 4.79 Å². The predicted molar refractivity (Wildman–Crippen MR) is 65.4 cm³/mol. The van der Waals surface area contributed by atoms with E-state index >= 15 is 0 Å². The quantitative estimate of drug-likeness (QED) is 0.687. The predicted octanol–water partition coefficient (Wildman–Crippen LogP) is 3.15. The molecule has 3 nitrogen and oxygen atoms in total. The molecule has 1 unspecified atom stereocenters. The number of Topliss-reactive ketones (excluding diaryl/α,β-unsaturated/α-hetero) is 1. The van der Waals surface area contributed by atoms with E-state index in [0.717, 1.165) is 0 Å². The Balaban J connectivity index is 2.93. The first-order valence-electron chi connectivity index (χ1n) is 4.54. The molecule has 1 N–H and O–H groups in total. The number of carboxylic acid groups (broad SMARTS) is 1. The van der Waals surface area contributed by atoms with Crippen molar-refractivity contribution in [3.8, 4) is 0 Å². The summed E-state index contributed by atoms with van der Waals surface area (Å²) < 4.78 is -1.09. The molecule has 0 saturated heterocycles. The molecule has 0 saturated carbocycles. The monoisotopic (exact) mass is 304 g/mol. The van der Waals surface area contributed by atoms with Crippen LogP contribution in [0.2, 0.25) is 5.02 Å². The molecule has 0 heterocycles. The fourth-order valence-corrected chi connectivity index (χ4v) is 1.86. The minimum Gasteiger partial charge on any atom is -0.481 e. The van der Waals surface area contributed by atoms with E-state index in [1.165, 1.54) is 6.92 Å². The first-order valence-corrected chi connectivity index (χ1v) is 5.71. The highest BCUT2D eigenvalue weighted by Gasteiger charge is 2.33. The number of hydrogen-bond acceptors (Lipinski definition) is 2. The topological polar surface area (TPSA) is 54.4 Å². The Bertz CT molecular complexity index is 412. The molecule has 0 aliphatic heterocycles. The van der Waals surface area contributed by atoms with Gasteiger partial charge >= 0.3 is 5.97 Å². The number of ketones is 1. The van der Waals surface area contributed by atoms with Gasteiger partial charge in [-0.05, 0) is 31.2 Å². The van der Waals surface area contributed by atoms with Crippen LogP contribution in [0.1, 0.15) is 23.7 Å². The van der Waals surface area contributed by atoms with E-state index in [9.17, 15) is 9.59 Å². The number of halogens is 2. The second-order valence-electron chi connectivity index (χ2n) is 3.60. The summed E-state index contributed by atoms with van der Waals surface area (Å²) >= 11 is 8.84. The lowest BCUT2D eigenvalue weighted by Crippen LogP contribution is -2.31. The van der Waals surface area contributed by atoms with Crippen LogP contribution in [0.5, 0.6) is 0 Å². The number of carbonyl (C=O) groups is 2. The molecule has 1 atom stereocenters. The Morgan fingerprint density at radius 3 is 2.31 bits per heavy atom. The van der Waals surface area contributed by atoms with Crippen LogP contribution in [0.25, 0.3) is 0 Å². The van der Waals surface area contributed by atoms with Crippen molar-refractivity contribution in [1.29, 1.82) is 0 Å². The maximum absolute atomic E-state index is 12.0. The lowest BCUT2D eigenvalue weighted by Gasteiger charge is -2.18. The highest BCUT2D eigenvalue weighted by molar-refractivity contribution is 9.10. The number of aliphatic carboxylic acids is 1. The summed E-state index contributed by atoms with van der Waals surface area (Å²) in [6, 6.07) is 6.34. The maximum Gasteiger partial charge on any atom is 0.305 e. The third-order valence-corrected chi connectivity index (χ3v) is 2.96. The van der Waals surface area contributed by atoms with Crippen molar-refractivity contribution in [3.05, 3.63) is 34.9 Å². The van der Waals surface area contributed by atoms with Crippen molar-refractivity contribution in [2.75, 3.05) is 0 Å². The molecular weight excluding hydrogens is 295 g/mol. The molecule has 5 heteroatoms. The van der Waals surface area contributed by atoms with E-state index in [2.05, 4.69) is 15.9 Å². The maximum atomic E-state index is 12.0. The van der Waals surface area contributed by atoms with Crippen molar-refractivity contribution in [2.24, 2.45) is 0 Å². The number of benzene rings is 1. The molecule has 0 spiro atoms. The largest absolute Gasteiger partial charge is 0.481 e. The van der Waals surface area contributed by atoms with E-state index < -0.39 is 10.3 Å². The summed E-state index contributed by atoms with van der Waals surface area (Å²) in [4.78, 5) is 22.6. The fourth-order valence-electron chi connectivity index (χ4n) is 1.27. The van der Waals surface area contributed by atoms with Crippen LogP contribution >= 0.6 is 27.5 Å². The number of alkyl halides is 1. The van der Waals surface area contributed by atoms with Crippen molar-refractivity contribution >= 4 is 39.3 Å². The zero-order valence-electron chi connectivity index (χ0n) is 8.54. The first-order chi connectivity index (χ1) is 7.33. The highest BCUT2D eigenvalue weighted by atomic mass is 79.9. The van der Waals surface area contributed by atoms with Gasteiger partial charge in [0.1, 0.15) is 0 Å². The van der Waals surface area contributed by atoms with Gasteiger partial charge in [-0.25, -0.2) is 0 Å². The molecule has 0 radical (unpaired) electrons. The first kappa shape index (κ1) is 13.2. The van der Waals surface area contributed by atoms with Crippen LogP contribution in [0, 0.1) is 0 Å². The van der Waals surface area contributed by atoms with Crippen LogP contribution in [0.15, 0.2) is 24.3 Å². The van der Waals surface area contributed by atoms with Crippen LogP contribution in [-0.4, -0.2) is 21.2 Å². The van der Waals surface area contributed by atoms with Gasteiger partial charge in [-0.1, -0.05) is 27.5 Å². The van der Waals surface area contributed by atoms with Gasteiger partial charge in [0.15, 0.2) is 5.78 Å². The van der Waals surface area contributed by atoms with Gasteiger partial charge in [-0.3, -0.25) is 9.59 Å². The van der Waals surface area contributed by atoms with Crippen LogP contribution < -0.4 is 0 Å². The van der Waals surface area contributed by atoms with Gasteiger partial charge in [-0.15, -0.1) is 0 Å². The molecule has 0 amide bonds. The van der Waals surface area contributed by atoms with Crippen LogP contribution in [0.3, 0.4) is 0 Å². The Morgan fingerprint density at radius 2 is 1.88 bits per heavy atom.